The molecular weight excluding hydrogens is 374 g/mol. The molecule has 2 rings (SSSR count). The van der Waals surface area contributed by atoms with Crippen molar-refractivity contribution in [2.24, 2.45) is 5.73 Å². The third-order valence-corrected chi connectivity index (χ3v) is 3.74. The molecule has 100 valence electrons. The Morgan fingerprint density at radius 3 is 2.47 bits per heavy atom. The van der Waals surface area contributed by atoms with E-state index in [4.69, 9.17) is 45.3 Å². The van der Waals surface area contributed by atoms with Gasteiger partial charge in [0.1, 0.15) is 5.75 Å². The highest BCUT2D eigenvalue weighted by atomic mass is 79.9. The Kier molecular flexibility index (Phi) is 4.92. The van der Waals surface area contributed by atoms with Gasteiger partial charge in [0, 0.05) is 28.8 Å². The number of hydrogen-bond acceptors (Lipinski definition) is 3. The van der Waals surface area contributed by atoms with E-state index in [-0.39, 0.29) is 0 Å². The van der Waals surface area contributed by atoms with Crippen molar-refractivity contribution in [2.45, 2.75) is 6.54 Å². The largest absolute Gasteiger partial charge is 0.437 e. The molecule has 2 N–H and O–H groups in total. The molecule has 0 aliphatic carbocycles. The molecule has 0 saturated heterocycles. The van der Waals surface area contributed by atoms with E-state index in [1.54, 1.807) is 6.20 Å². The maximum atomic E-state index is 6.04. The summed E-state index contributed by atoms with van der Waals surface area (Å²) in [6.07, 6.45) is 1.61. The van der Waals surface area contributed by atoms with E-state index in [1.807, 2.05) is 6.07 Å². The summed E-state index contributed by atoms with van der Waals surface area (Å²) >= 11 is 21.1. The van der Waals surface area contributed by atoms with E-state index in [0.717, 1.165) is 10.0 Å². The molecule has 0 saturated carbocycles. The second kappa shape index (κ2) is 6.29. The number of ether oxygens (including phenoxy) is 1. The molecule has 2 aromatic rings. The maximum Gasteiger partial charge on any atom is 0.223 e. The first-order valence-electron chi connectivity index (χ1n) is 5.18. The number of nitrogens with two attached hydrogens (primary N) is 1. The molecule has 1 aromatic heterocycles. The summed E-state index contributed by atoms with van der Waals surface area (Å²) in [6, 6.07) is 4.88. The number of halogens is 4. The van der Waals surface area contributed by atoms with E-state index >= 15 is 0 Å². The van der Waals surface area contributed by atoms with Crippen LogP contribution in [0.25, 0.3) is 0 Å². The van der Waals surface area contributed by atoms with Crippen LogP contribution in [0.2, 0.25) is 15.1 Å². The molecular formula is C12H8BrCl3N2O. The van der Waals surface area contributed by atoms with Crippen molar-refractivity contribution >= 4 is 50.7 Å². The zero-order valence-corrected chi connectivity index (χ0v) is 13.3. The Bertz CT molecular complexity index is 622. The van der Waals surface area contributed by atoms with Gasteiger partial charge in [0.15, 0.2) is 0 Å². The third-order valence-electron chi connectivity index (χ3n) is 2.29. The first kappa shape index (κ1) is 14.9. The number of hydrogen-bond donors (Lipinski definition) is 1. The standard InChI is InChI=1S/C12H8BrCl3N2O/c13-7-1-6(4-17)12(18-5-7)19-11-3-9(15)8(14)2-10(11)16/h1-3,5H,4,17H2. The summed E-state index contributed by atoms with van der Waals surface area (Å²) in [5, 5.41) is 1.07. The predicted molar refractivity (Wildman–Crippen MR) is 81.4 cm³/mol. The Balaban J connectivity index is 2.39. The fourth-order valence-electron chi connectivity index (χ4n) is 1.39. The lowest BCUT2D eigenvalue weighted by atomic mass is 10.2. The molecule has 0 aliphatic rings. The maximum absolute atomic E-state index is 6.04. The van der Waals surface area contributed by atoms with Gasteiger partial charge in [0.25, 0.3) is 0 Å². The minimum absolute atomic E-state index is 0.292. The van der Waals surface area contributed by atoms with Gasteiger partial charge in [0.2, 0.25) is 5.88 Å². The molecule has 0 bridgehead atoms. The van der Waals surface area contributed by atoms with Gasteiger partial charge in [-0.1, -0.05) is 34.8 Å². The minimum atomic E-state index is 0.292. The van der Waals surface area contributed by atoms with Crippen molar-refractivity contribution < 1.29 is 4.74 Å². The Hall–Kier alpha value is -0.520. The van der Waals surface area contributed by atoms with Gasteiger partial charge < -0.3 is 10.5 Å². The fraction of sp³-hybridized carbons (Fsp3) is 0.0833. The zero-order chi connectivity index (χ0) is 14.0. The molecule has 0 atom stereocenters. The summed E-state index contributed by atoms with van der Waals surface area (Å²) < 4.78 is 6.45. The van der Waals surface area contributed by atoms with Gasteiger partial charge in [-0.3, -0.25) is 0 Å². The summed E-state index contributed by atoms with van der Waals surface area (Å²) in [6.45, 7) is 0.292. The molecule has 0 unspecified atom stereocenters. The van der Waals surface area contributed by atoms with Gasteiger partial charge in [-0.25, -0.2) is 4.98 Å². The lowest BCUT2D eigenvalue weighted by Crippen LogP contribution is -2.01. The van der Waals surface area contributed by atoms with Crippen LogP contribution in [0.3, 0.4) is 0 Å². The molecule has 0 spiro atoms. The topological polar surface area (TPSA) is 48.1 Å². The average Bonchev–Trinajstić information content (AvgIpc) is 2.37. The predicted octanol–water partition coefficient (Wildman–Crippen LogP) is 5.06. The van der Waals surface area contributed by atoms with Crippen molar-refractivity contribution in [3.8, 4) is 11.6 Å². The van der Waals surface area contributed by atoms with Crippen LogP contribution in [-0.4, -0.2) is 4.98 Å². The lowest BCUT2D eigenvalue weighted by Gasteiger charge is -2.11. The quantitative estimate of drug-likeness (QED) is 0.755. The third kappa shape index (κ3) is 3.52. The fourth-order valence-corrected chi connectivity index (χ4v) is 2.35. The molecule has 0 amide bonds. The lowest BCUT2D eigenvalue weighted by molar-refractivity contribution is 0.456. The van der Waals surface area contributed by atoms with Crippen LogP contribution in [0.15, 0.2) is 28.9 Å². The Morgan fingerprint density at radius 1 is 1.11 bits per heavy atom. The molecule has 7 heteroatoms. The van der Waals surface area contributed by atoms with Gasteiger partial charge in [-0.2, -0.15) is 0 Å². The van der Waals surface area contributed by atoms with Crippen molar-refractivity contribution in [2.75, 3.05) is 0 Å². The van der Waals surface area contributed by atoms with E-state index in [0.29, 0.717) is 33.2 Å². The van der Waals surface area contributed by atoms with Crippen LogP contribution in [-0.2, 0) is 6.54 Å². The number of pyridine rings is 1. The van der Waals surface area contributed by atoms with Crippen molar-refractivity contribution in [1.82, 2.24) is 4.98 Å². The van der Waals surface area contributed by atoms with Crippen molar-refractivity contribution in [3.63, 3.8) is 0 Å². The monoisotopic (exact) mass is 380 g/mol. The van der Waals surface area contributed by atoms with Crippen LogP contribution in [0.5, 0.6) is 11.6 Å². The van der Waals surface area contributed by atoms with Crippen LogP contribution >= 0.6 is 50.7 Å². The van der Waals surface area contributed by atoms with Crippen LogP contribution in [0.4, 0.5) is 0 Å². The zero-order valence-electron chi connectivity index (χ0n) is 9.46. The van der Waals surface area contributed by atoms with Crippen molar-refractivity contribution in [1.29, 1.82) is 0 Å². The Labute approximate surface area is 133 Å². The van der Waals surface area contributed by atoms with Gasteiger partial charge in [-0.15, -0.1) is 0 Å². The van der Waals surface area contributed by atoms with Gasteiger partial charge in [0.05, 0.1) is 15.1 Å². The first-order chi connectivity index (χ1) is 9.01. The smallest absolute Gasteiger partial charge is 0.223 e. The minimum Gasteiger partial charge on any atom is -0.437 e. The number of benzene rings is 1. The summed E-state index contributed by atoms with van der Waals surface area (Å²) in [4.78, 5) is 4.15. The molecule has 1 aromatic carbocycles. The second-order valence-electron chi connectivity index (χ2n) is 3.62. The van der Waals surface area contributed by atoms with E-state index in [2.05, 4.69) is 20.9 Å². The summed E-state index contributed by atoms with van der Waals surface area (Å²) in [5.41, 5.74) is 6.39. The van der Waals surface area contributed by atoms with Crippen LogP contribution in [0, 0.1) is 0 Å². The average molecular weight is 382 g/mol. The number of aromatic nitrogens is 1. The van der Waals surface area contributed by atoms with Crippen LogP contribution < -0.4 is 10.5 Å². The summed E-state index contributed by atoms with van der Waals surface area (Å²) in [5.74, 6) is 0.756. The Morgan fingerprint density at radius 2 is 1.79 bits per heavy atom. The highest BCUT2D eigenvalue weighted by Gasteiger charge is 2.11. The number of nitrogens with zero attached hydrogens (tertiary/aromatic N) is 1. The van der Waals surface area contributed by atoms with Gasteiger partial charge >= 0.3 is 0 Å². The van der Waals surface area contributed by atoms with Gasteiger partial charge in [-0.05, 0) is 28.1 Å². The number of rotatable bonds is 3. The SMILES string of the molecule is NCc1cc(Br)cnc1Oc1cc(Cl)c(Cl)cc1Cl. The summed E-state index contributed by atoms with van der Waals surface area (Å²) in [7, 11) is 0. The molecule has 3 nitrogen and oxygen atoms in total. The van der Waals surface area contributed by atoms with Crippen LogP contribution in [0.1, 0.15) is 5.56 Å². The normalized spacial score (nSPS) is 10.6. The van der Waals surface area contributed by atoms with Crippen molar-refractivity contribution in [3.05, 3.63) is 49.5 Å². The molecule has 0 radical (unpaired) electrons. The van der Waals surface area contributed by atoms with E-state index in [9.17, 15) is 0 Å². The van der Waals surface area contributed by atoms with E-state index in [1.165, 1.54) is 12.1 Å². The molecule has 0 aliphatic heterocycles. The molecule has 19 heavy (non-hydrogen) atoms. The highest BCUT2D eigenvalue weighted by Crippen LogP contribution is 2.36. The molecule has 0 fully saturated rings. The second-order valence-corrected chi connectivity index (χ2v) is 5.76. The molecule has 1 heterocycles. The highest BCUT2D eigenvalue weighted by molar-refractivity contribution is 9.10. The first-order valence-corrected chi connectivity index (χ1v) is 7.11. The van der Waals surface area contributed by atoms with E-state index < -0.39 is 0 Å².